The first-order valence-electron chi connectivity index (χ1n) is 5.28. The maximum absolute atomic E-state index is 2.31. The molecule has 0 aliphatic carbocycles. The first kappa shape index (κ1) is 10.7. The summed E-state index contributed by atoms with van der Waals surface area (Å²) in [7, 11) is -0.224. The molecule has 0 atom stereocenters. The number of benzene rings is 1. The molecule has 0 saturated carbocycles. The Morgan fingerprint density at radius 2 is 1.46 bits per heavy atom. The standard InChI is InChI=1S/C12H19P/c1-3-10-13(11-4-2)12-8-6-5-7-9-12/h5-9H,3-4,10-11H2,1-2H3/p+1. The average Bonchev–Trinajstić information content (AvgIpc) is 2.19. The Hall–Kier alpha value is -0.350. The normalized spacial score (nSPS) is 10.7. The van der Waals surface area contributed by atoms with Gasteiger partial charge in [0, 0.05) is 7.92 Å². The zero-order valence-electron chi connectivity index (χ0n) is 8.72. The second-order valence-corrected chi connectivity index (χ2v) is 6.25. The number of hydrogen-bond donors (Lipinski definition) is 0. The second-order valence-electron chi connectivity index (χ2n) is 3.47. The third kappa shape index (κ3) is 3.48. The van der Waals surface area contributed by atoms with Crippen LogP contribution >= 0.6 is 7.92 Å². The number of rotatable bonds is 5. The molecule has 1 heteroatoms. The summed E-state index contributed by atoms with van der Waals surface area (Å²) in [6.07, 6.45) is 5.54. The molecule has 1 rings (SSSR count). The van der Waals surface area contributed by atoms with Crippen LogP contribution in [0.2, 0.25) is 0 Å². The van der Waals surface area contributed by atoms with Gasteiger partial charge in [0.05, 0.1) is 17.6 Å². The van der Waals surface area contributed by atoms with E-state index in [1.54, 1.807) is 5.30 Å². The van der Waals surface area contributed by atoms with Crippen LogP contribution in [-0.4, -0.2) is 12.3 Å². The van der Waals surface area contributed by atoms with E-state index in [1.165, 1.54) is 25.2 Å². The van der Waals surface area contributed by atoms with Crippen molar-refractivity contribution in [1.82, 2.24) is 0 Å². The fourth-order valence-corrected chi connectivity index (χ4v) is 4.39. The van der Waals surface area contributed by atoms with Gasteiger partial charge in [0.2, 0.25) is 0 Å². The summed E-state index contributed by atoms with van der Waals surface area (Å²) in [5.41, 5.74) is 0. The van der Waals surface area contributed by atoms with Gasteiger partial charge < -0.3 is 0 Å². The van der Waals surface area contributed by atoms with Crippen molar-refractivity contribution in [3.05, 3.63) is 30.3 Å². The minimum Gasteiger partial charge on any atom is -0.0620 e. The molecule has 0 heterocycles. The molecule has 0 saturated heterocycles. The van der Waals surface area contributed by atoms with Crippen molar-refractivity contribution in [2.24, 2.45) is 0 Å². The maximum Gasteiger partial charge on any atom is 0.0914 e. The highest BCUT2D eigenvalue weighted by molar-refractivity contribution is 7.65. The Morgan fingerprint density at radius 3 is 1.92 bits per heavy atom. The lowest BCUT2D eigenvalue weighted by molar-refractivity contribution is 1.06. The van der Waals surface area contributed by atoms with Gasteiger partial charge in [-0.1, -0.05) is 32.0 Å². The van der Waals surface area contributed by atoms with Gasteiger partial charge in [0.1, 0.15) is 0 Å². The average molecular weight is 195 g/mol. The Labute approximate surface area is 83.1 Å². The van der Waals surface area contributed by atoms with Gasteiger partial charge in [-0.05, 0) is 25.0 Å². The third-order valence-electron chi connectivity index (χ3n) is 2.29. The predicted octanol–water partition coefficient (Wildman–Crippen LogP) is 3.35. The highest BCUT2D eigenvalue weighted by Gasteiger charge is 2.15. The van der Waals surface area contributed by atoms with E-state index < -0.39 is 0 Å². The van der Waals surface area contributed by atoms with Gasteiger partial charge in [-0.3, -0.25) is 0 Å². The molecular weight excluding hydrogens is 175 g/mol. The fraction of sp³-hybridized carbons (Fsp3) is 0.500. The van der Waals surface area contributed by atoms with Gasteiger partial charge in [-0.15, -0.1) is 0 Å². The van der Waals surface area contributed by atoms with Crippen molar-refractivity contribution in [3.63, 3.8) is 0 Å². The molecular formula is C12H20P+. The van der Waals surface area contributed by atoms with E-state index in [4.69, 9.17) is 0 Å². The van der Waals surface area contributed by atoms with E-state index >= 15 is 0 Å². The van der Waals surface area contributed by atoms with Crippen LogP contribution in [0, 0.1) is 0 Å². The van der Waals surface area contributed by atoms with Crippen LogP contribution in [0.5, 0.6) is 0 Å². The Kier molecular flexibility index (Phi) is 5.08. The van der Waals surface area contributed by atoms with E-state index in [9.17, 15) is 0 Å². The molecule has 0 radical (unpaired) electrons. The summed E-state index contributed by atoms with van der Waals surface area (Å²) >= 11 is 0. The van der Waals surface area contributed by atoms with Crippen LogP contribution in [0.3, 0.4) is 0 Å². The van der Waals surface area contributed by atoms with E-state index in [0.717, 1.165) is 0 Å². The van der Waals surface area contributed by atoms with E-state index in [1.807, 2.05) is 0 Å². The summed E-state index contributed by atoms with van der Waals surface area (Å²) in [6.45, 7) is 4.59. The zero-order valence-corrected chi connectivity index (χ0v) is 9.72. The first-order chi connectivity index (χ1) is 6.38. The summed E-state index contributed by atoms with van der Waals surface area (Å²) < 4.78 is 0. The predicted molar refractivity (Wildman–Crippen MR) is 64.7 cm³/mol. The summed E-state index contributed by atoms with van der Waals surface area (Å²) in [5.74, 6) is 0. The minimum absolute atomic E-state index is 0.224. The minimum atomic E-state index is -0.224. The lowest BCUT2D eigenvalue weighted by atomic mass is 10.4. The Bertz CT molecular complexity index is 212. The van der Waals surface area contributed by atoms with Gasteiger partial charge in [-0.2, -0.15) is 0 Å². The van der Waals surface area contributed by atoms with Crippen molar-refractivity contribution in [1.29, 1.82) is 0 Å². The highest BCUT2D eigenvalue weighted by Crippen LogP contribution is 2.35. The second kappa shape index (κ2) is 6.16. The molecule has 13 heavy (non-hydrogen) atoms. The zero-order chi connectivity index (χ0) is 9.52. The molecule has 72 valence electrons. The van der Waals surface area contributed by atoms with E-state index in [-0.39, 0.29) is 7.92 Å². The van der Waals surface area contributed by atoms with Crippen LogP contribution in [0.25, 0.3) is 0 Å². The first-order valence-corrected chi connectivity index (χ1v) is 7.20. The van der Waals surface area contributed by atoms with Gasteiger partial charge >= 0.3 is 0 Å². The monoisotopic (exact) mass is 195 g/mol. The van der Waals surface area contributed by atoms with Crippen LogP contribution < -0.4 is 5.30 Å². The summed E-state index contributed by atoms with van der Waals surface area (Å²) in [4.78, 5) is 0. The molecule has 0 fully saturated rings. The molecule has 0 aliphatic heterocycles. The Morgan fingerprint density at radius 1 is 0.923 bits per heavy atom. The highest BCUT2D eigenvalue weighted by atomic mass is 31.1. The fourth-order valence-electron chi connectivity index (χ4n) is 1.69. The topological polar surface area (TPSA) is 0 Å². The van der Waals surface area contributed by atoms with Crippen LogP contribution in [0.15, 0.2) is 30.3 Å². The molecule has 0 unspecified atom stereocenters. The molecule has 0 spiro atoms. The molecule has 0 amide bonds. The van der Waals surface area contributed by atoms with Crippen molar-refractivity contribution in [3.8, 4) is 0 Å². The largest absolute Gasteiger partial charge is 0.0914 e. The van der Waals surface area contributed by atoms with Crippen molar-refractivity contribution in [2.45, 2.75) is 26.7 Å². The Balaban J connectivity index is 2.64. The van der Waals surface area contributed by atoms with Gasteiger partial charge in [0.15, 0.2) is 0 Å². The van der Waals surface area contributed by atoms with Gasteiger partial charge in [0.25, 0.3) is 0 Å². The molecule has 0 aliphatic rings. The number of hydrogen-bond acceptors (Lipinski definition) is 0. The molecule has 0 aromatic heterocycles. The lowest BCUT2D eigenvalue weighted by Gasteiger charge is -2.07. The molecule has 1 aromatic rings. The lowest BCUT2D eigenvalue weighted by Crippen LogP contribution is -2.04. The van der Waals surface area contributed by atoms with Crippen molar-refractivity contribution < 1.29 is 0 Å². The van der Waals surface area contributed by atoms with E-state index in [2.05, 4.69) is 44.2 Å². The quantitative estimate of drug-likeness (QED) is 0.632. The van der Waals surface area contributed by atoms with E-state index in [0.29, 0.717) is 0 Å². The smallest absolute Gasteiger partial charge is 0.0620 e. The van der Waals surface area contributed by atoms with Crippen LogP contribution in [0.4, 0.5) is 0 Å². The van der Waals surface area contributed by atoms with Crippen molar-refractivity contribution >= 4 is 13.2 Å². The molecule has 0 bridgehead atoms. The van der Waals surface area contributed by atoms with Crippen molar-refractivity contribution in [2.75, 3.05) is 12.3 Å². The molecule has 0 nitrogen and oxygen atoms in total. The molecule has 1 aromatic carbocycles. The van der Waals surface area contributed by atoms with Gasteiger partial charge in [-0.25, -0.2) is 0 Å². The molecule has 0 N–H and O–H groups in total. The van der Waals surface area contributed by atoms with Crippen LogP contribution in [0.1, 0.15) is 26.7 Å². The third-order valence-corrected chi connectivity index (χ3v) is 5.64. The summed E-state index contributed by atoms with van der Waals surface area (Å²) in [5, 5.41) is 1.62. The SMILES string of the molecule is CCC[PH+](CCC)c1ccccc1. The maximum atomic E-state index is 2.31. The summed E-state index contributed by atoms with van der Waals surface area (Å²) in [6, 6.07) is 11.1. The van der Waals surface area contributed by atoms with Crippen LogP contribution in [-0.2, 0) is 0 Å².